The van der Waals surface area contributed by atoms with Gasteiger partial charge in [-0.15, -0.1) is 10.2 Å². The summed E-state index contributed by atoms with van der Waals surface area (Å²) in [5.41, 5.74) is 1.29. The van der Waals surface area contributed by atoms with E-state index in [2.05, 4.69) is 48.3 Å². The molecular weight excluding hydrogens is 252 g/mol. The lowest BCUT2D eigenvalue weighted by Gasteiger charge is -2.17. The Labute approximate surface area is 99.9 Å². The van der Waals surface area contributed by atoms with Crippen LogP contribution in [0.4, 0.5) is 0 Å². The zero-order valence-electron chi connectivity index (χ0n) is 8.96. The zero-order chi connectivity index (χ0) is 12.6. The highest BCUT2D eigenvalue weighted by Gasteiger charge is 1.92. The second kappa shape index (κ2) is 7.67. The normalized spacial score (nSPS) is 11.4. The van der Waals surface area contributed by atoms with Gasteiger partial charge in [-0.1, -0.05) is 30.3 Å². The van der Waals surface area contributed by atoms with Crippen LogP contribution in [0.25, 0.3) is 6.08 Å². The monoisotopic (exact) mass is 264 g/mol. The summed E-state index contributed by atoms with van der Waals surface area (Å²) in [5, 5.41) is 2.23. The number of hydrogen-bond donors (Lipinski definition) is 0. The summed E-state index contributed by atoms with van der Waals surface area (Å²) in [6, 6.07) is 10.4. The molecular formula is C10H13ClO4S. The molecule has 0 atom stereocenters. The molecule has 1 aromatic carbocycles. The quantitative estimate of drug-likeness (QED) is 0.566. The van der Waals surface area contributed by atoms with Crippen molar-refractivity contribution in [3.8, 4) is 0 Å². The Hall–Kier alpha value is -0.560. The van der Waals surface area contributed by atoms with E-state index in [1.807, 2.05) is 6.07 Å². The molecule has 0 heterocycles. The first kappa shape index (κ1) is 15.4. The number of hydrogen-bond acceptors (Lipinski definition) is 4. The standard InChI is InChI=1S/C10H13S.ClHO4/c1-11(2)9-8-10-6-4-3-5-7-10;2-1(3,4)5/h3-9H,1-2H3;(H,2,3,4,5)/q+1;/p-1. The fraction of sp³-hybridized carbons (Fsp3) is 0.200. The Morgan fingerprint density at radius 1 is 1.00 bits per heavy atom. The minimum Gasteiger partial charge on any atom is -0.222 e. The van der Waals surface area contributed by atoms with E-state index in [-0.39, 0.29) is 0 Å². The fourth-order valence-corrected chi connectivity index (χ4v) is 1.21. The highest BCUT2D eigenvalue weighted by atomic mass is 35.7. The zero-order valence-corrected chi connectivity index (χ0v) is 10.5. The van der Waals surface area contributed by atoms with Gasteiger partial charge in [-0.25, -0.2) is 18.6 Å². The largest absolute Gasteiger partial charge is 0.222 e. The molecule has 1 aromatic rings. The maximum atomic E-state index is 8.49. The molecule has 0 spiro atoms. The van der Waals surface area contributed by atoms with Gasteiger partial charge in [-0.3, -0.25) is 0 Å². The van der Waals surface area contributed by atoms with Crippen LogP contribution in [0.15, 0.2) is 35.7 Å². The van der Waals surface area contributed by atoms with Crippen molar-refractivity contribution in [2.24, 2.45) is 0 Å². The lowest BCUT2D eigenvalue weighted by Crippen LogP contribution is -2.68. The second-order valence-corrected chi connectivity index (χ2v) is 5.76. The van der Waals surface area contributed by atoms with Gasteiger partial charge in [0.1, 0.15) is 17.9 Å². The summed E-state index contributed by atoms with van der Waals surface area (Å²) in [6.07, 6.45) is 6.59. The van der Waals surface area contributed by atoms with Crippen molar-refractivity contribution in [1.82, 2.24) is 0 Å². The molecule has 0 amide bonds. The van der Waals surface area contributed by atoms with Crippen LogP contribution in [-0.2, 0) is 10.9 Å². The SMILES string of the molecule is C[S+](C)C=Cc1ccccc1.[O-][Cl+3]([O-])([O-])[O-]. The molecule has 4 nitrogen and oxygen atoms in total. The molecule has 0 aliphatic heterocycles. The Kier molecular flexibility index (Phi) is 7.40. The topological polar surface area (TPSA) is 92.2 Å². The summed E-state index contributed by atoms with van der Waals surface area (Å²) in [6.45, 7) is 0. The van der Waals surface area contributed by atoms with Crippen LogP contribution in [-0.4, -0.2) is 12.5 Å². The van der Waals surface area contributed by atoms with E-state index in [0.717, 1.165) is 0 Å². The summed E-state index contributed by atoms with van der Waals surface area (Å²) in [5.74, 6) is 0. The molecule has 6 heteroatoms. The van der Waals surface area contributed by atoms with Crippen LogP contribution in [0, 0.1) is 10.2 Å². The lowest BCUT2D eigenvalue weighted by molar-refractivity contribution is -2.00. The molecule has 0 fully saturated rings. The summed E-state index contributed by atoms with van der Waals surface area (Å²) < 4.78 is 34.0. The van der Waals surface area contributed by atoms with Gasteiger partial charge in [0.25, 0.3) is 0 Å². The molecule has 1 rings (SSSR count). The first-order valence-corrected chi connectivity index (χ1v) is 7.54. The molecule has 0 radical (unpaired) electrons. The molecule has 16 heavy (non-hydrogen) atoms. The van der Waals surface area contributed by atoms with Gasteiger partial charge in [0, 0.05) is 10.9 Å². The van der Waals surface area contributed by atoms with Crippen molar-refractivity contribution in [2.75, 3.05) is 12.5 Å². The van der Waals surface area contributed by atoms with Crippen molar-refractivity contribution in [2.45, 2.75) is 0 Å². The average Bonchev–Trinajstić information content (AvgIpc) is 2.14. The first-order valence-electron chi connectivity index (χ1n) is 4.20. The molecule has 0 bridgehead atoms. The van der Waals surface area contributed by atoms with E-state index >= 15 is 0 Å². The van der Waals surface area contributed by atoms with Crippen LogP contribution in [0.2, 0.25) is 0 Å². The predicted octanol–water partition coefficient (Wildman–Crippen LogP) is -2.22. The lowest BCUT2D eigenvalue weighted by atomic mass is 10.2. The smallest absolute Gasteiger partial charge is 0.119 e. The highest BCUT2D eigenvalue weighted by molar-refractivity contribution is 7.98. The third-order valence-electron chi connectivity index (χ3n) is 1.33. The van der Waals surface area contributed by atoms with Gasteiger partial charge in [0.05, 0.1) is 0 Å². The maximum Gasteiger partial charge on any atom is 0.119 e. The van der Waals surface area contributed by atoms with Crippen LogP contribution < -0.4 is 18.6 Å². The van der Waals surface area contributed by atoms with Crippen molar-refractivity contribution in [3.63, 3.8) is 0 Å². The maximum absolute atomic E-state index is 8.49. The Balaban J connectivity index is 0.000000385. The van der Waals surface area contributed by atoms with Crippen molar-refractivity contribution >= 4 is 17.0 Å². The number of benzene rings is 1. The molecule has 0 unspecified atom stereocenters. The fourth-order valence-electron chi connectivity index (χ4n) is 0.779. The molecule has 0 saturated carbocycles. The molecule has 90 valence electrons. The minimum absolute atomic E-state index is 0.403. The number of rotatable bonds is 2. The second-order valence-electron chi connectivity index (χ2n) is 2.97. The van der Waals surface area contributed by atoms with Gasteiger partial charge < -0.3 is 0 Å². The van der Waals surface area contributed by atoms with Crippen LogP contribution in [0.5, 0.6) is 0 Å². The summed E-state index contributed by atoms with van der Waals surface area (Å²) >= 11 is 0. The van der Waals surface area contributed by atoms with E-state index in [0.29, 0.717) is 10.9 Å². The Bertz CT molecular complexity index is 302. The van der Waals surface area contributed by atoms with Crippen molar-refractivity contribution < 1.29 is 28.9 Å². The van der Waals surface area contributed by atoms with E-state index in [9.17, 15) is 0 Å². The molecule has 0 saturated heterocycles. The molecule has 0 N–H and O–H groups in total. The summed E-state index contributed by atoms with van der Waals surface area (Å²) in [4.78, 5) is 0. The van der Waals surface area contributed by atoms with Gasteiger partial charge in [0.15, 0.2) is 0 Å². The average molecular weight is 265 g/mol. The predicted molar refractivity (Wildman–Crippen MR) is 54.7 cm³/mol. The van der Waals surface area contributed by atoms with Gasteiger partial charge in [-0.2, -0.15) is 0 Å². The molecule has 0 aromatic heterocycles. The third kappa shape index (κ3) is 13.4. The van der Waals surface area contributed by atoms with E-state index in [1.54, 1.807) is 0 Å². The minimum atomic E-state index is -4.94. The van der Waals surface area contributed by atoms with Crippen LogP contribution >= 0.6 is 0 Å². The Morgan fingerprint density at radius 2 is 1.44 bits per heavy atom. The van der Waals surface area contributed by atoms with Gasteiger partial charge >= 0.3 is 0 Å². The summed E-state index contributed by atoms with van der Waals surface area (Å²) in [7, 11) is -4.54. The van der Waals surface area contributed by atoms with Crippen molar-refractivity contribution in [1.29, 1.82) is 0 Å². The van der Waals surface area contributed by atoms with E-state index in [1.165, 1.54) is 5.56 Å². The van der Waals surface area contributed by atoms with E-state index in [4.69, 9.17) is 18.6 Å². The van der Waals surface area contributed by atoms with Crippen molar-refractivity contribution in [3.05, 3.63) is 41.3 Å². The number of halogens is 1. The van der Waals surface area contributed by atoms with Crippen LogP contribution in [0.3, 0.4) is 0 Å². The first-order chi connectivity index (χ1) is 7.29. The van der Waals surface area contributed by atoms with Gasteiger partial charge in [0.2, 0.25) is 0 Å². The molecule has 0 aliphatic carbocycles. The highest BCUT2D eigenvalue weighted by Crippen LogP contribution is 2.02. The molecule has 0 aliphatic rings. The van der Waals surface area contributed by atoms with Crippen LogP contribution in [0.1, 0.15) is 5.56 Å². The van der Waals surface area contributed by atoms with E-state index < -0.39 is 10.2 Å². The van der Waals surface area contributed by atoms with Gasteiger partial charge in [-0.05, 0) is 11.6 Å². The third-order valence-corrected chi connectivity index (χ3v) is 2.01. The Morgan fingerprint density at radius 3 is 1.81 bits per heavy atom.